The maximum absolute atomic E-state index is 11.4. The average molecular weight is 273 g/mol. The first-order chi connectivity index (χ1) is 9.11. The van der Waals surface area contributed by atoms with Crippen molar-refractivity contribution in [1.29, 1.82) is 0 Å². The average Bonchev–Trinajstić information content (AvgIpc) is 2.40. The number of carbonyl (C=O) groups is 2. The van der Waals surface area contributed by atoms with Gasteiger partial charge in [0.2, 0.25) is 5.78 Å². The molecular weight excluding hydrogens is 254 g/mol. The van der Waals surface area contributed by atoms with Crippen molar-refractivity contribution in [2.75, 3.05) is 33.5 Å². The zero-order chi connectivity index (χ0) is 14.5. The summed E-state index contributed by atoms with van der Waals surface area (Å²) < 4.78 is 14.7. The lowest BCUT2D eigenvalue weighted by atomic mass is 10.1. The Labute approximate surface area is 111 Å². The fraction of sp³-hybridized carbons (Fsp3) is 0.727. The number of nitrogens with two attached hydrogens (primary N) is 1. The Kier molecular flexibility index (Phi) is 10.5. The summed E-state index contributed by atoms with van der Waals surface area (Å²) in [5.41, 5.74) is 13.6. The Hall–Kier alpha value is -1.60. The van der Waals surface area contributed by atoms with E-state index in [1.165, 1.54) is 0 Å². The van der Waals surface area contributed by atoms with Crippen molar-refractivity contribution < 1.29 is 28.6 Å². The molecule has 0 rings (SSSR count). The predicted molar refractivity (Wildman–Crippen MR) is 65.6 cm³/mol. The summed E-state index contributed by atoms with van der Waals surface area (Å²) in [5.74, 6) is -1.00. The van der Waals surface area contributed by atoms with Crippen molar-refractivity contribution in [3.05, 3.63) is 5.53 Å². The summed E-state index contributed by atoms with van der Waals surface area (Å²) in [6.45, 7) is 1.26. The number of hydrogen-bond donors (Lipinski definition) is 1. The third-order valence-corrected chi connectivity index (χ3v) is 2.11. The van der Waals surface area contributed by atoms with Gasteiger partial charge in [0.1, 0.15) is 12.6 Å². The molecule has 0 aromatic carbocycles. The lowest BCUT2D eigenvalue weighted by molar-refractivity contribution is -0.147. The van der Waals surface area contributed by atoms with Gasteiger partial charge in [-0.05, 0) is 6.42 Å². The van der Waals surface area contributed by atoms with Gasteiger partial charge in [0.05, 0.1) is 19.8 Å². The van der Waals surface area contributed by atoms with E-state index in [2.05, 4.69) is 4.79 Å². The van der Waals surface area contributed by atoms with Crippen LogP contribution in [-0.4, -0.2) is 62.3 Å². The van der Waals surface area contributed by atoms with Gasteiger partial charge in [-0.3, -0.25) is 9.59 Å². The molecule has 0 unspecified atom stereocenters. The first kappa shape index (κ1) is 17.4. The van der Waals surface area contributed by atoms with Gasteiger partial charge in [0, 0.05) is 13.5 Å². The summed E-state index contributed by atoms with van der Waals surface area (Å²) in [6.07, 6.45) is 0.917. The molecule has 0 saturated heterocycles. The third-order valence-electron chi connectivity index (χ3n) is 2.11. The maximum atomic E-state index is 11.4. The molecule has 0 radical (unpaired) electrons. The molecule has 1 atom stereocenters. The highest BCUT2D eigenvalue weighted by molar-refractivity contribution is 6.25. The molecule has 8 nitrogen and oxygen atoms in total. The Morgan fingerprint density at radius 3 is 2.63 bits per heavy atom. The fourth-order valence-corrected chi connectivity index (χ4v) is 1.10. The second-order valence-electron chi connectivity index (χ2n) is 3.63. The molecule has 0 aliphatic heterocycles. The number of nitrogens with zero attached hydrogens (tertiary/aromatic N) is 2. The number of ether oxygens (including phenoxy) is 3. The van der Waals surface area contributed by atoms with Gasteiger partial charge in [-0.15, -0.1) is 0 Å². The van der Waals surface area contributed by atoms with Crippen molar-refractivity contribution in [2.45, 2.75) is 18.9 Å². The largest absolute Gasteiger partial charge is 0.462 e. The fourth-order valence-electron chi connectivity index (χ4n) is 1.10. The van der Waals surface area contributed by atoms with Gasteiger partial charge in [0.25, 0.3) is 0 Å². The van der Waals surface area contributed by atoms with Crippen LogP contribution >= 0.6 is 0 Å². The summed E-state index contributed by atoms with van der Waals surface area (Å²) >= 11 is 0. The minimum absolute atomic E-state index is 0.0185. The van der Waals surface area contributed by atoms with Gasteiger partial charge >= 0.3 is 12.2 Å². The Balaban J connectivity index is 3.64. The maximum Gasteiger partial charge on any atom is 0.323 e. The standard InChI is InChI=1S/C11H19N3O5/c1-17-4-5-18-6-7-19-11(16)10(12)3-2-9(15)8-14-13/h8,10H,2-7,12H2,1H3/t10-/m0/s1. The van der Waals surface area contributed by atoms with Crippen molar-refractivity contribution in [1.82, 2.24) is 0 Å². The monoisotopic (exact) mass is 273 g/mol. The molecule has 0 amide bonds. The lowest BCUT2D eigenvalue weighted by Gasteiger charge is -2.10. The molecule has 19 heavy (non-hydrogen) atoms. The van der Waals surface area contributed by atoms with E-state index < -0.39 is 17.8 Å². The van der Waals surface area contributed by atoms with E-state index in [-0.39, 0.29) is 26.1 Å². The zero-order valence-corrected chi connectivity index (χ0v) is 10.9. The van der Waals surface area contributed by atoms with Crippen molar-refractivity contribution in [2.24, 2.45) is 5.73 Å². The van der Waals surface area contributed by atoms with E-state index in [1.807, 2.05) is 0 Å². The van der Waals surface area contributed by atoms with Crippen LogP contribution < -0.4 is 5.73 Å². The SMILES string of the molecule is COCCOCCOC(=O)[C@@H](N)CCC(=O)C=[N+]=[N-]. The highest BCUT2D eigenvalue weighted by atomic mass is 16.6. The molecule has 0 bridgehead atoms. The molecule has 2 N–H and O–H groups in total. The normalized spacial score (nSPS) is 11.5. The van der Waals surface area contributed by atoms with Crippen molar-refractivity contribution >= 4 is 18.0 Å². The summed E-state index contributed by atoms with van der Waals surface area (Å²) in [4.78, 5) is 24.9. The first-order valence-electron chi connectivity index (χ1n) is 5.81. The predicted octanol–water partition coefficient (Wildman–Crippen LogP) is -0.830. The molecule has 0 aliphatic rings. The number of Topliss-reactive ketones (excluding diaryl/α,β-unsaturated/α-hetero) is 1. The number of ketones is 1. The van der Waals surface area contributed by atoms with Crippen LogP contribution in [0.1, 0.15) is 12.8 Å². The number of carbonyl (C=O) groups excluding carboxylic acids is 2. The highest BCUT2D eigenvalue weighted by Gasteiger charge is 2.16. The third kappa shape index (κ3) is 10.0. The molecule has 8 heteroatoms. The smallest absolute Gasteiger partial charge is 0.323 e. The van der Waals surface area contributed by atoms with E-state index >= 15 is 0 Å². The van der Waals surface area contributed by atoms with Crippen LogP contribution in [0.4, 0.5) is 0 Å². The second kappa shape index (κ2) is 11.5. The summed E-state index contributed by atoms with van der Waals surface area (Å²) in [5, 5.41) is 0. The first-order valence-corrected chi connectivity index (χ1v) is 5.81. The van der Waals surface area contributed by atoms with Crippen LogP contribution in [0, 0.1) is 0 Å². The quantitative estimate of drug-likeness (QED) is 0.172. The van der Waals surface area contributed by atoms with Crippen LogP contribution in [0.15, 0.2) is 0 Å². The number of rotatable bonds is 11. The van der Waals surface area contributed by atoms with Crippen molar-refractivity contribution in [3.8, 4) is 0 Å². The van der Waals surface area contributed by atoms with Crippen molar-refractivity contribution in [3.63, 3.8) is 0 Å². The van der Waals surface area contributed by atoms with E-state index in [1.54, 1.807) is 7.11 Å². The van der Waals surface area contributed by atoms with Gasteiger partial charge in [0.15, 0.2) is 0 Å². The molecule has 0 fully saturated rings. The molecule has 108 valence electrons. The Bertz CT molecular complexity index is 328. The van der Waals surface area contributed by atoms with E-state index in [9.17, 15) is 9.59 Å². The van der Waals surface area contributed by atoms with Gasteiger partial charge in [-0.1, -0.05) is 0 Å². The number of hydrogen-bond acceptors (Lipinski definition) is 6. The van der Waals surface area contributed by atoms with Crippen LogP contribution in [0.3, 0.4) is 0 Å². The van der Waals surface area contributed by atoms with Gasteiger partial charge in [-0.25, -0.2) is 0 Å². The van der Waals surface area contributed by atoms with E-state index in [0.717, 1.165) is 6.21 Å². The molecule has 0 aliphatic carbocycles. The molecule has 0 spiro atoms. The zero-order valence-electron chi connectivity index (χ0n) is 10.9. The molecular formula is C11H19N3O5. The van der Waals surface area contributed by atoms with Crippen LogP contribution in [-0.2, 0) is 23.8 Å². The minimum atomic E-state index is -0.880. The highest BCUT2D eigenvalue weighted by Crippen LogP contribution is 1.97. The van der Waals surface area contributed by atoms with Gasteiger partial charge in [-0.2, -0.15) is 4.79 Å². The molecule has 0 heterocycles. The summed E-state index contributed by atoms with van der Waals surface area (Å²) in [6, 6.07) is -0.880. The Morgan fingerprint density at radius 1 is 1.32 bits per heavy atom. The topological polar surface area (TPSA) is 124 Å². The van der Waals surface area contributed by atoms with Crippen LogP contribution in [0.25, 0.3) is 5.53 Å². The molecule has 0 aromatic rings. The van der Waals surface area contributed by atoms with Gasteiger partial charge < -0.3 is 25.5 Å². The van der Waals surface area contributed by atoms with E-state index in [4.69, 9.17) is 25.5 Å². The molecule has 0 saturated carbocycles. The number of methoxy groups -OCH3 is 1. The Morgan fingerprint density at radius 2 is 2.00 bits per heavy atom. The van der Waals surface area contributed by atoms with Crippen LogP contribution in [0.2, 0.25) is 0 Å². The van der Waals surface area contributed by atoms with Crippen LogP contribution in [0.5, 0.6) is 0 Å². The summed E-state index contributed by atoms with van der Waals surface area (Å²) in [7, 11) is 1.56. The number of esters is 1. The van der Waals surface area contributed by atoms with E-state index in [0.29, 0.717) is 13.2 Å². The lowest BCUT2D eigenvalue weighted by Crippen LogP contribution is -2.33. The second-order valence-corrected chi connectivity index (χ2v) is 3.63. The minimum Gasteiger partial charge on any atom is -0.462 e. The molecule has 0 aromatic heterocycles.